The first-order valence-electron chi connectivity index (χ1n) is 7.11. The average molecular weight is 305 g/mol. The minimum absolute atomic E-state index is 0.220. The van der Waals surface area contributed by atoms with E-state index < -0.39 is 6.10 Å². The molecule has 0 radical (unpaired) electrons. The van der Waals surface area contributed by atoms with Gasteiger partial charge in [0.2, 0.25) is 0 Å². The highest BCUT2D eigenvalue weighted by Crippen LogP contribution is 2.21. The van der Waals surface area contributed by atoms with E-state index in [9.17, 15) is 4.79 Å². The molecular weight excluding hydrogens is 290 g/mol. The molecule has 5 nitrogen and oxygen atoms in total. The predicted molar refractivity (Wildman–Crippen MR) is 85.3 cm³/mol. The fourth-order valence-corrected chi connectivity index (χ4v) is 2.14. The van der Waals surface area contributed by atoms with E-state index >= 15 is 0 Å². The van der Waals surface area contributed by atoms with Crippen molar-refractivity contribution in [1.82, 2.24) is 0 Å². The molecule has 0 spiro atoms. The van der Waals surface area contributed by atoms with Crippen LogP contribution < -0.4 is 5.32 Å². The van der Waals surface area contributed by atoms with Crippen LogP contribution in [0.3, 0.4) is 0 Å². The Morgan fingerprint density at radius 2 is 1.83 bits per heavy atom. The van der Waals surface area contributed by atoms with Gasteiger partial charge in [0.1, 0.15) is 12.1 Å². The van der Waals surface area contributed by atoms with E-state index in [1.807, 2.05) is 49.4 Å². The van der Waals surface area contributed by atoms with Crippen molar-refractivity contribution in [2.24, 2.45) is 0 Å². The van der Waals surface area contributed by atoms with Crippen LogP contribution in [0.4, 0.5) is 5.69 Å². The van der Waals surface area contributed by atoms with Crippen molar-refractivity contribution in [3.05, 3.63) is 65.2 Å². The van der Waals surface area contributed by atoms with Gasteiger partial charge in [0.15, 0.2) is 6.10 Å². The van der Waals surface area contributed by atoms with Crippen LogP contribution in [0.25, 0.3) is 0 Å². The Bertz CT molecular complexity index is 773. The molecule has 0 fully saturated rings. The van der Waals surface area contributed by atoms with Gasteiger partial charge in [-0.2, -0.15) is 10.5 Å². The first-order chi connectivity index (χ1) is 11.2. The second kappa shape index (κ2) is 7.74. The van der Waals surface area contributed by atoms with Crippen molar-refractivity contribution in [3.8, 4) is 12.1 Å². The number of amides is 1. The first-order valence-corrected chi connectivity index (χ1v) is 7.11. The zero-order chi connectivity index (χ0) is 16.7. The Balaban J connectivity index is 2.23. The molecule has 1 N–H and O–H groups in total. The lowest BCUT2D eigenvalue weighted by Crippen LogP contribution is -2.23. The number of nitrogens with zero attached hydrogens (tertiary/aromatic N) is 2. The highest BCUT2D eigenvalue weighted by Gasteiger charge is 2.21. The number of nitriles is 2. The first kappa shape index (κ1) is 16.2. The quantitative estimate of drug-likeness (QED) is 0.919. The molecule has 2 rings (SSSR count). The monoisotopic (exact) mass is 305 g/mol. The highest BCUT2D eigenvalue weighted by molar-refractivity contribution is 5.95. The number of ether oxygens (including phenoxy) is 1. The van der Waals surface area contributed by atoms with Gasteiger partial charge in [0.05, 0.1) is 11.1 Å². The van der Waals surface area contributed by atoms with Crippen LogP contribution in [0.2, 0.25) is 0 Å². The maximum Gasteiger partial charge on any atom is 0.258 e. The lowest BCUT2D eigenvalue weighted by Gasteiger charge is -2.17. The lowest BCUT2D eigenvalue weighted by molar-refractivity contribution is -0.127. The van der Waals surface area contributed by atoms with E-state index in [4.69, 9.17) is 15.3 Å². The smallest absolute Gasteiger partial charge is 0.258 e. The fraction of sp³-hybridized carbons (Fsp3) is 0.167. The number of hydrogen-bond acceptors (Lipinski definition) is 4. The number of benzene rings is 2. The van der Waals surface area contributed by atoms with Crippen LogP contribution in [0.15, 0.2) is 48.5 Å². The maximum atomic E-state index is 12.5. The molecule has 0 saturated carbocycles. The summed E-state index contributed by atoms with van der Waals surface area (Å²) in [5.74, 6) is -0.327. The second-order valence-corrected chi connectivity index (χ2v) is 4.72. The highest BCUT2D eigenvalue weighted by atomic mass is 16.5. The van der Waals surface area contributed by atoms with Crippen LogP contribution >= 0.6 is 0 Å². The van der Waals surface area contributed by atoms with Crippen molar-refractivity contribution in [2.75, 3.05) is 11.9 Å². The Labute approximate surface area is 134 Å². The minimum atomic E-state index is -0.734. The fourth-order valence-electron chi connectivity index (χ4n) is 2.14. The summed E-state index contributed by atoms with van der Waals surface area (Å²) in [5.41, 5.74) is 1.69. The Kier molecular flexibility index (Phi) is 5.46. The zero-order valence-corrected chi connectivity index (χ0v) is 12.6. The van der Waals surface area contributed by atoms with E-state index in [1.54, 1.807) is 6.07 Å². The molecule has 1 unspecified atom stereocenters. The molecule has 0 saturated heterocycles. The van der Waals surface area contributed by atoms with Gasteiger partial charge in [-0.3, -0.25) is 4.79 Å². The molecule has 114 valence electrons. The van der Waals surface area contributed by atoms with Crippen LogP contribution in [0.1, 0.15) is 29.7 Å². The van der Waals surface area contributed by atoms with Gasteiger partial charge in [0, 0.05) is 12.3 Å². The largest absolute Gasteiger partial charge is 0.364 e. The number of anilines is 1. The van der Waals surface area contributed by atoms with Crippen molar-refractivity contribution in [2.45, 2.75) is 13.0 Å². The summed E-state index contributed by atoms with van der Waals surface area (Å²) in [4.78, 5) is 12.5. The van der Waals surface area contributed by atoms with E-state index in [1.165, 1.54) is 12.1 Å². The lowest BCUT2D eigenvalue weighted by atomic mass is 10.1. The molecule has 0 aliphatic heterocycles. The Hall–Kier alpha value is -3.15. The SMILES string of the molecule is CCOC(C(=O)Nc1ccc(C#N)c(C#N)c1)c1ccccc1. The topological polar surface area (TPSA) is 85.9 Å². The molecule has 0 aromatic heterocycles. The summed E-state index contributed by atoms with van der Waals surface area (Å²) in [6.07, 6.45) is -0.734. The minimum Gasteiger partial charge on any atom is -0.364 e. The molecule has 23 heavy (non-hydrogen) atoms. The Morgan fingerprint density at radius 1 is 1.13 bits per heavy atom. The molecule has 2 aromatic rings. The normalized spacial score (nSPS) is 11.1. The number of carbonyl (C=O) groups is 1. The molecule has 0 aliphatic carbocycles. The van der Waals surface area contributed by atoms with Crippen molar-refractivity contribution in [3.63, 3.8) is 0 Å². The van der Waals surface area contributed by atoms with Crippen LogP contribution in [0.5, 0.6) is 0 Å². The third-order valence-corrected chi connectivity index (χ3v) is 3.20. The Morgan fingerprint density at radius 3 is 2.43 bits per heavy atom. The molecule has 0 heterocycles. The standard InChI is InChI=1S/C18H15N3O2/c1-2-23-17(13-6-4-3-5-7-13)18(22)21-16-9-8-14(11-19)15(10-16)12-20/h3-10,17H,2H2,1H3,(H,21,22). The summed E-state index contributed by atoms with van der Waals surface area (Å²) >= 11 is 0. The second-order valence-electron chi connectivity index (χ2n) is 4.72. The van der Waals surface area contributed by atoms with Gasteiger partial charge in [-0.15, -0.1) is 0 Å². The van der Waals surface area contributed by atoms with E-state index in [0.29, 0.717) is 12.3 Å². The summed E-state index contributed by atoms with van der Waals surface area (Å²) in [5, 5.41) is 20.7. The molecule has 0 aliphatic rings. The average Bonchev–Trinajstić information content (AvgIpc) is 2.60. The molecular formula is C18H15N3O2. The molecule has 2 aromatic carbocycles. The number of rotatable bonds is 5. The van der Waals surface area contributed by atoms with Crippen molar-refractivity contribution < 1.29 is 9.53 Å². The summed E-state index contributed by atoms with van der Waals surface area (Å²) < 4.78 is 5.53. The van der Waals surface area contributed by atoms with Gasteiger partial charge >= 0.3 is 0 Å². The van der Waals surface area contributed by atoms with Crippen molar-refractivity contribution in [1.29, 1.82) is 10.5 Å². The number of hydrogen-bond donors (Lipinski definition) is 1. The third-order valence-electron chi connectivity index (χ3n) is 3.20. The molecule has 1 atom stereocenters. The van der Waals surface area contributed by atoms with E-state index in [-0.39, 0.29) is 17.0 Å². The zero-order valence-electron chi connectivity index (χ0n) is 12.6. The van der Waals surface area contributed by atoms with Gasteiger partial charge in [-0.05, 0) is 30.7 Å². The number of carbonyl (C=O) groups excluding carboxylic acids is 1. The van der Waals surface area contributed by atoms with E-state index in [2.05, 4.69) is 5.32 Å². The molecule has 0 bridgehead atoms. The summed E-state index contributed by atoms with van der Waals surface area (Å²) in [6, 6.07) is 17.6. The molecule has 5 heteroatoms. The maximum absolute atomic E-state index is 12.5. The van der Waals surface area contributed by atoms with Gasteiger partial charge < -0.3 is 10.1 Å². The van der Waals surface area contributed by atoms with Gasteiger partial charge in [-0.25, -0.2) is 0 Å². The summed E-state index contributed by atoms with van der Waals surface area (Å²) in [6.45, 7) is 2.21. The molecule has 1 amide bonds. The number of nitrogens with one attached hydrogen (secondary N) is 1. The van der Waals surface area contributed by atoms with Gasteiger partial charge in [0.25, 0.3) is 5.91 Å². The van der Waals surface area contributed by atoms with Crippen LogP contribution in [0, 0.1) is 22.7 Å². The van der Waals surface area contributed by atoms with Crippen LogP contribution in [-0.4, -0.2) is 12.5 Å². The van der Waals surface area contributed by atoms with Crippen molar-refractivity contribution >= 4 is 11.6 Å². The predicted octanol–water partition coefficient (Wildman–Crippen LogP) is 3.15. The van der Waals surface area contributed by atoms with Gasteiger partial charge in [-0.1, -0.05) is 30.3 Å². The summed E-state index contributed by atoms with van der Waals surface area (Å²) in [7, 11) is 0. The van der Waals surface area contributed by atoms with Crippen LogP contribution in [-0.2, 0) is 9.53 Å². The third kappa shape index (κ3) is 3.94. The van der Waals surface area contributed by atoms with E-state index in [0.717, 1.165) is 5.56 Å².